The number of rotatable bonds is 6. The van der Waals surface area contributed by atoms with Gasteiger partial charge in [-0.25, -0.2) is 0 Å². The molecule has 1 radical (unpaired) electrons. The first kappa shape index (κ1) is 27.6. The minimum atomic E-state index is 0. The van der Waals surface area contributed by atoms with E-state index in [1.54, 1.807) is 0 Å². The van der Waals surface area contributed by atoms with Crippen LogP contribution in [0.1, 0.15) is 11.1 Å². The standard InChI is InChI=1S/2C15H15N2.Cu/c2*1-17(2)15-10-8-13(9-11-15)12-16-14-6-4-3-5-7-14;/h2*4-12H,1-2H3;/q2*-1;+2. The number of aliphatic imine (C=N–C) groups is 2. The molecule has 0 bridgehead atoms. The topological polar surface area (TPSA) is 31.2 Å². The molecule has 0 aliphatic carbocycles. The zero-order valence-corrected chi connectivity index (χ0v) is 21.4. The molecule has 0 N–H and O–H groups in total. The minimum Gasteiger partial charge on any atom is -0.378 e. The van der Waals surface area contributed by atoms with Crippen molar-refractivity contribution < 1.29 is 17.1 Å². The SMILES string of the molecule is CN(C)c1ccc(C=Nc2cc[c-]cc2)cc1.CN(C)c1ccc(C=Nc2cc[c-]cc2)cc1.[Cu+2]. The second-order valence-corrected chi connectivity index (χ2v) is 8.00. The fourth-order valence-corrected chi connectivity index (χ4v) is 2.94. The average molecular weight is 510 g/mol. The van der Waals surface area contributed by atoms with E-state index in [1.165, 1.54) is 11.4 Å². The molecule has 0 unspecified atom stereocenters. The number of anilines is 2. The van der Waals surface area contributed by atoms with E-state index in [4.69, 9.17) is 0 Å². The van der Waals surface area contributed by atoms with Crippen LogP contribution in [0.3, 0.4) is 0 Å². The maximum absolute atomic E-state index is 4.39. The van der Waals surface area contributed by atoms with Crippen LogP contribution in [0.2, 0.25) is 0 Å². The maximum Gasteiger partial charge on any atom is 2.00 e. The van der Waals surface area contributed by atoms with Crippen molar-refractivity contribution in [2.45, 2.75) is 0 Å². The van der Waals surface area contributed by atoms with Crippen LogP contribution < -0.4 is 9.80 Å². The summed E-state index contributed by atoms with van der Waals surface area (Å²) in [4.78, 5) is 12.9. The molecule has 4 rings (SSSR count). The van der Waals surface area contributed by atoms with Gasteiger partial charge in [-0.1, -0.05) is 24.3 Å². The van der Waals surface area contributed by atoms with Gasteiger partial charge in [0.1, 0.15) is 0 Å². The molecule has 5 heteroatoms. The molecular formula is C30H30CuN4. The van der Waals surface area contributed by atoms with Crippen molar-refractivity contribution in [1.82, 2.24) is 0 Å². The van der Waals surface area contributed by atoms with E-state index in [1.807, 2.05) is 89.2 Å². The van der Waals surface area contributed by atoms with Crippen LogP contribution in [0, 0.1) is 12.1 Å². The van der Waals surface area contributed by atoms with E-state index in [2.05, 4.69) is 80.4 Å². The van der Waals surface area contributed by atoms with Gasteiger partial charge in [0.15, 0.2) is 0 Å². The minimum absolute atomic E-state index is 0. The molecule has 0 aliphatic heterocycles. The van der Waals surface area contributed by atoms with Crippen LogP contribution in [0.4, 0.5) is 22.7 Å². The largest absolute Gasteiger partial charge is 2.00 e. The average Bonchev–Trinajstić information content (AvgIpc) is 2.88. The molecular weight excluding hydrogens is 480 g/mol. The van der Waals surface area contributed by atoms with Crippen LogP contribution in [0.15, 0.2) is 107 Å². The Hall–Kier alpha value is -3.66. The summed E-state index contributed by atoms with van der Waals surface area (Å²) in [6.07, 6.45) is 3.74. The van der Waals surface area contributed by atoms with Gasteiger partial charge in [-0.05, 0) is 46.8 Å². The number of hydrogen-bond acceptors (Lipinski definition) is 4. The quantitative estimate of drug-likeness (QED) is 0.166. The van der Waals surface area contributed by atoms with Gasteiger partial charge in [0, 0.05) is 52.0 Å². The molecule has 181 valence electrons. The Morgan fingerprint density at radius 3 is 1.11 bits per heavy atom. The summed E-state index contributed by atoms with van der Waals surface area (Å²) in [5.41, 5.74) is 6.47. The molecule has 0 saturated heterocycles. The summed E-state index contributed by atoms with van der Waals surface area (Å²) in [5.74, 6) is 0. The van der Waals surface area contributed by atoms with Gasteiger partial charge >= 0.3 is 17.1 Å². The van der Waals surface area contributed by atoms with Crippen molar-refractivity contribution in [3.8, 4) is 0 Å². The second-order valence-electron chi connectivity index (χ2n) is 8.00. The van der Waals surface area contributed by atoms with Crippen LogP contribution >= 0.6 is 0 Å². The van der Waals surface area contributed by atoms with Crippen molar-refractivity contribution in [2.75, 3.05) is 38.0 Å². The van der Waals surface area contributed by atoms with Gasteiger partial charge in [-0.2, -0.15) is 36.4 Å². The van der Waals surface area contributed by atoms with Gasteiger partial charge in [-0.3, -0.25) is 9.98 Å². The van der Waals surface area contributed by atoms with E-state index in [0.29, 0.717) is 0 Å². The molecule has 0 amide bonds. The van der Waals surface area contributed by atoms with Crippen molar-refractivity contribution in [3.63, 3.8) is 0 Å². The van der Waals surface area contributed by atoms with Crippen molar-refractivity contribution in [3.05, 3.63) is 120 Å². The Morgan fingerprint density at radius 1 is 0.514 bits per heavy atom. The van der Waals surface area contributed by atoms with E-state index in [9.17, 15) is 0 Å². The summed E-state index contributed by atoms with van der Waals surface area (Å²) in [5, 5.41) is 0. The van der Waals surface area contributed by atoms with E-state index in [-0.39, 0.29) is 17.1 Å². The summed E-state index contributed by atoms with van der Waals surface area (Å²) >= 11 is 0. The fraction of sp³-hybridized carbons (Fsp3) is 0.133. The summed E-state index contributed by atoms with van der Waals surface area (Å²) in [6.45, 7) is 0. The van der Waals surface area contributed by atoms with Crippen molar-refractivity contribution in [2.24, 2.45) is 9.98 Å². The first-order valence-corrected chi connectivity index (χ1v) is 11.1. The van der Waals surface area contributed by atoms with Gasteiger partial charge in [-0.15, -0.1) is 24.3 Å². The molecule has 0 aromatic heterocycles. The summed E-state index contributed by atoms with van der Waals surface area (Å²) in [7, 11) is 8.13. The van der Waals surface area contributed by atoms with Gasteiger partial charge in [0.25, 0.3) is 0 Å². The molecule has 0 fully saturated rings. The molecule has 0 aliphatic rings. The number of hydrogen-bond donors (Lipinski definition) is 0. The second kappa shape index (κ2) is 14.6. The van der Waals surface area contributed by atoms with E-state index >= 15 is 0 Å². The molecule has 0 atom stereocenters. The maximum atomic E-state index is 4.39. The first-order valence-electron chi connectivity index (χ1n) is 11.1. The smallest absolute Gasteiger partial charge is 0.378 e. The van der Waals surface area contributed by atoms with E-state index in [0.717, 1.165) is 22.5 Å². The zero-order chi connectivity index (χ0) is 24.2. The number of benzene rings is 4. The van der Waals surface area contributed by atoms with Gasteiger partial charge in [0.05, 0.1) is 0 Å². The fourth-order valence-electron chi connectivity index (χ4n) is 2.94. The molecule has 0 heterocycles. The van der Waals surface area contributed by atoms with Crippen molar-refractivity contribution >= 4 is 35.2 Å². The Morgan fingerprint density at radius 2 is 0.829 bits per heavy atom. The Balaban J connectivity index is 0.000000240. The molecule has 4 aromatic carbocycles. The first-order chi connectivity index (χ1) is 16.5. The number of nitrogens with zero attached hydrogens (tertiary/aromatic N) is 4. The van der Waals surface area contributed by atoms with E-state index < -0.39 is 0 Å². The van der Waals surface area contributed by atoms with Crippen LogP contribution in [0.5, 0.6) is 0 Å². The van der Waals surface area contributed by atoms with Crippen LogP contribution in [-0.4, -0.2) is 40.6 Å². The third kappa shape index (κ3) is 9.62. The molecule has 35 heavy (non-hydrogen) atoms. The Kier molecular flexibility index (Phi) is 11.5. The zero-order valence-electron chi connectivity index (χ0n) is 20.5. The Labute approximate surface area is 220 Å². The van der Waals surface area contributed by atoms with Gasteiger partial charge < -0.3 is 9.80 Å². The molecule has 0 saturated carbocycles. The molecule has 0 spiro atoms. The molecule has 4 aromatic rings. The van der Waals surface area contributed by atoms with Crippen LogP contribution in [-0.2, 0) is 17.1 Å². The summed E-state index contributed by atoms with van der Waals surface area (Å²) in [6, 6.07) is 37.7. The third-order valence-corrected chi connectivity index (χ3v) is 4.95. The predicted molar refractivity (Wildman–Crippen MR) is 147 cm³/mol. The predicted octanol–water partition coefficient (Wildman–Crippen LogP) is 6.60. The molecule has 4 nitrogen and oxygen atoms in total. The normalized spacial score (nSPS) is 10.4. The summed E-state index contributed by atoms with van der Waals surface area (Å²) < 4.78 is 0. The third-order valence-electron chi connectivity index (χ3n) is 4.95. The van der Waals surface area contributed by atoms with Crippen molar-refractivity contribution in [1.29, 1.82) is 0 Å². The monoisotopic (exact) mass is 509 g/mol. The van der Waals surface area contributed by atoms with Crippen LogP contribution in [0.25, 0.3) is 0 Å². The van der Waals surface area contributed by atoms with Gasteiger partial charge in [0.2, 0.25) is 0 Å². The Bertz CT molecular complexity index is 1070.